The summed E-state index contributed by atoms with van der Waals surface area (Å²) >= 11 is 6.31. The van der Waals surface area contributed by atoms with Crippen LogP contribution in [-0.4, -0.2) is 63.3 Å². The van der Waals surface area contributed by atoms with E-state index in [1.807, 2.05) is 24.3 Å². The van der Waals surface area contributed by atoms with Gasteiger partial charge in [-0.3, -0.25) is 19.2 Å². The molecule has 0 unspecified atom stereocenters. The molecule has 3 aromatic heterocycles. The molecular formula is C30H27ClN8O6. The van der Waals surface area contributed by atoms with Crippen LogP contribution in [0.2, 0.25) is 5.02 Å². The Kier molecular flexibility index (Phi) is 9.43. The second-order valence-corrected chi connectivity index (χ2v) is 10.5. The van der Waals surface area contributed by atoms with Crippen LogP contribution in [0, 0.1) is 0 Å². The van der Waals surface area contributed by atoms with E-state index in [2.05, 4.69) is 30.8 Å². The van der Waals surface area contributed by atoms with Gasteiger partial charge in [0.05, 0.1) is 23.6 Å². The zero-order valence-electron chi connectivity index (χ0n) is 23.6. The van der Waals surface area contributed by atoms with Crippen LogP contribution in [0.15, 0.2) is 71.9 Å². The van der Waals surface area contributed by atoms with Crippen molar-refractivity contribution < 1.29 is 24.6 Å². The van der Waals surface area contributed by atoms with Crippen molar-refractivity contribution in [1.82, 2.24) is 34.7 Å². The van der Waals surface area contributed by atoms with Gasteiger partial charge in [0.25, 0.3) is 12.0 Å². The molecule has 14 nitrogen and oxygen atoms in total. The summed E-state index contributed by atoms with van der Waals surface area (Å²) in [7, 11) is 0. The molecule has 0 bridgehead atoms. The van der Waals surface area contributed by atoms with Gasteiger partial charge >= 0.3 is 5.97 Å². The van der Waals surface area contributed by atoms with Crippen LogP contribution in [0.4, 0.5) is 5.69 Å². The van der Waals surface area contributed by atoms with E-state index in [0.29, 0.717) is 35.1 Å². The van der Waals surface area contributed by atoms with E-state index in [-0.39, 0.29) is 43.2 Å². The Hall–Kier alpha value is -5.63. The lowest BCUT2D eigenvalue weighted by Gasteiger charge is -2.15. The van der Waals surface area contributed by atoms with Crippen LogP contribution in [0.1, 0.15) is 43.2 Å². The summed E-state index contributed by atoms with van der Waals surface area (Å²) in [4.78, 5) is 52.5. The number of carboxylic acids is 1. The van der Waals surface area contributed by atoms with Crippen LogP contribution < -0.4 is 10.9 Å². The molecule has 45 heavy (non-hydrogen) atoms. The average Bonchev–Trinajstić information content (AvgIpc) is 3.79. The lowest BCUT2D eigenvalue weighted by atomic mass is 10.0. The van der Waals surface area contributed by atoms with Crippen LogP contribution in [-0.2, 0) is 20.8 Å². The largest absolute Gasteiger partial charge is 0.483 e. The second-order valence-electron chi connectivity index (χ2n) is 10.1. The first kappa shape index (κ1) is 30.8. The predicted octanol–water partition coefficient (Wildman–Crippen LogP) is 3.96. The van der Waals surface area contributed by atoms with Crippen molar-refractivity contribution in [3.05, 3.63) is 94.0 Å². The molecule has 6 rings (SSSR count). The van der Waals surface area contributed by atoms with Gasteiger partial charge in [0.2, 0.25) is 5.91 Å². The first-order chi connectivity index (χ1) is 21.8. The molecular weight excluding hydrogens is 604 g/mol. The first-order valence-electron chi connectivity index (χ1n) is 13.8. The smallest absolute Gasteiger partial charge is 0.303 e. The standard InChI is InChI=1S/C29H25ClN8O4.CH2O2/c30-19-6-10-24(37-16-32-35-36-37)22(14-19)18-12-21-9-11-25(38(21)27(40)13-18)29-31-15-23(34-29)17-4-7-20(8-5-17)33-26(39)2-1-3-28(41)42;2-1-3/h4-8,10,12-16,25H,1-3,9,11H2,(H,31,34)(H,33,39)(H,41,42);1H,(H,2,3)/t25-;/m0./s1. The van der Waals surface area contributed by atoms with Gasteiger partial charge in [0.15, 0.2) is 0 Å². The third kappa shape index (κ3) is 7.13. The van der Waals surface area contributed by atoms with Crippen molar-refractivity contribution in [3.63, 3.8) is 0 Å². The van der Waals surface area contributed by atoms with Crippen molar-refractivity contribution in [2.24, 2.45) is 0 Å². The fourth-order valence-electron chi connectivity index (χ4n) is 5.23. The van der Waals surface area contributed by atoms with Gasteiger partial charge in [-0.25, -0.2) is 4.98 Å². The number of carbonyl (C=O) groups excluding carboxylic acids is 1. The normalized spacial score (nSPS) is 13.4. The molecule has 4 heterocycles. The number of hydrogen-bond donors (Lipinski definition) is 4. The van der Waals surface area contributed by atoms with Gasteiger partial charge in [-0.15, -0.1) is 5.10 Å². The summed E-state index contributed by atoms with van der Waals surface area (Å²) in [6.07, 6.45) is 5.02. The average molecular weight is 631 g/mol. The summed E-state index contributed by atoms with van der Waals surface area (Å²) in [6, 6.07) is 16.0. The lowest BCUT2D eigenvalue weighted by Crippen LogP contribution is -2.23. The number of rotatable bonds is 9. The highest BCUT2D eigenvalue weighted by Crippen LogP contribution is 2.34. The third-order valence-corrected chi connectivity index (χ3v) is 7.42. The molecule has 15 heteroatoms. The lowest BCUT2D eigenvalue weighted by molar-refractivity contribution is -0.137. The van der Waals surface area contributed by atoms with Crippen LogP contribution >= 0.6 is 11.6 Å². The SMILES string of the molecule is O=C(O)CCCC(=O)Nc1ccc(-c2cnc([C@@H]3CCc4cc(-c5cc(Cl)ccc5-n5cnnn5)cc(=O)n43)[nH]2)cc1.O=CO. The number of aromatic amines is 1. The highest BCUT2D eigenvalue weighted by molar-refractivity contribution is 6.31. The molecule has 5 aromatic rings. The number of anilines is 1. The van der Waals surface area contributed by atoms with Crippen molar-refractivity contribution >= 4 is 35.6 Å². The van der Waals surface area contributed by atoms with E-state index >= 15 is 0 Å². The van der Waals surface area contributed by atoms with E-state index < -0.39 is 5.97 Å². The number of fused-ring (bicyclic) bond motifs is 1. The molecule has 0 aliphatic carbocycles. The van der Waals surface area contributed by atoms with Gasteiger partial charge in [0, 0.05) is 40.9 Å². The number of halogens is 1. The van der Waals surface area contributed by atoms with Crippen LogP contribution in [0.3, 0.4) is 0 Å². The Balaban J connectivity index is 0.00000128. The predicted molar refractivity (Wildman–Crippen MR) is 163 cm³/mol. The number of aliphatic carboxylic acids is 1. The molecule has 0 saturated heterocycles. The van der Waals surface area contributed by atoms with Crippen molar-refractivity contribution in [1.29, 1.82) is 0 Å². The zero-order chi connectivity index (χ0) is 31.9. The fourth-order valence-corrected chi connectivity index (χ4v) is 5.40. The highest BCUT2D eigenvalue weighted by atomic mass is 35.5. The van der Waals surface area contributed by atoms with Crippen molar-refractivity contribution in [2.75, 3.05) is 5.32 Å². The Morgan fingerprint density at radius 2 is 1.87 bits per heavy atom. The zero-order valence-corrected chi connectivity index (χ0v) is 24.4. The first-order valence-corrected chi connectivity index (χ1v) is 14.2. The number of carboxylic acid groups (broad SMARTS) is 2. The van der Waals surface area contributed by atoms with E-state index in [9.17, 15) is 14.4 Å². The number of tetrazole rings is 1. The molecule has 1 amide bonds. The van der Waals surface area contributed by atoms with Crippen molar-refractivity contribution in [3.8, 4) is 28.1 Å². The number of H-pyrrole nitrogens is 1. The molecule has 4 N–H and O–H groups in total. The molecule has 1 aliphatic heterocycles. The maximum atomic E-state index is 13.5. The van der Waals surface area contributed by atoms with Gasteiger partial charge in [-0.05, 0) is 77.2 Å². The monoisotopic (exact) mass is 630 g/mol. The van der Waals surface area contributed by atoms with Gasteiger partial charge in [-0.2, -0.15) is 4.68 Å². The van der Waals surface area contributed by atoms with Gasteiger partial charge < -0.3 is 25.1 Å². The topological polar surface area (TPSA) is 198 Å². The molecule has 1 atom stereocenters. The number of aromatic nitrogens is 7. The maximum absolute atomic E-state index is 13.5. The number of pyridine rings is 1. The summed E-state index contributed by atoms with van der Waals surface area (Å²) in [5.74, 6) is -0.467. The minimum absolute atomic E-state index is 0.0436. The molecule has 1 aliphatic rings. The van der Waals surface area contributed by atoms with E-state index in [4.69, 9.17) is 26.6 Å². The minimum Gasteiger partial charge on any atom is -0.483 e. The fraction of sp³-hybridized carbons (Fsp3) is 0.200. The quantitative estimate of drug-likeness (QED) is 0.173. The Morgan fingerprint density at radius 1 is 1.09 bits per heavy atom. The summed E-state index contributed by atoms with van der Waals surface area (Å²) in [5.41, 5.74) is 5.22. The molecule has 0 saturated carbocycles. The Bertz CT molecular complexity index is 1890. The molecule has 2 aromatic carbocycles. The molecule has 0 fully saturated rings. The number of amides is 1. The number of nitrogens with zero attached hydrogens (tertiary/aromatic N) is 6. The van der Waals surface area contributed by atoms with Gasteiger partial charge in [0.1, 0.15) is 12.2 Å². The van der Waals surface area contributed by atoms with E-state index in [1.54, 1.807) is 41.1 Å². The second kappa shape index (κ2) is 13.8. The maximum Gasteiger partial charge on any atom is 0.303 e. The highest BCUT2D eigenvalue weighted by Gasteiger charge is 2.28. The Labute approximate surface area is 260 Å². The third-order valence-electron chi connectivity index (χ3n) is 7.18. The molecule has 230 valence electrons. The van der Waals surface area contributed by atoms with E-state index in [0.717, 1.165) is 28.1 Å². The minimum atomic E-state index is -0.921. The molecule has 0 spiro atoms. The number of aryl methyl sites for hydroxylation is 1. The number of nitrogens with one attached hydrogen (secondary N) is 2. The number of imidazole rings is 1. The Morgan fingerprint density at radius 3 is 2.58 bits per heavy atom. The van der Waals surface area contributed by atoms with Crippen LogP contribution in [0.25, 0.3) is 28.1 Å². The summed E-state index contributed by atoms with van der Waals surface area (Å²) in [5, 5.41) is 30.4. The summed E-state index contributed by atoms with van der Waals surface area (Å²) in [6.45, 7) is -0.250. The number of carbonyl (C=O) groups is 3. The number of hydrogen-bond acceptors (Lipinski definition) is 8. The van der Waals surface area contributed by atoms with Gasteiger partial charge in [-0.1, -0.05) is 23.7 Å². The molecule has 0 radical (unpaired) electrons. The van der Waals surface area contributed by atoms with Crippen LogP contribution in [0.5, 0.6) is 0 Å². The van der Waals surface area contributed by atoms with E-state index in [1.165, 1.54) is 11.0 Å². The summed E-state index contributed by atoms with van der Waals surface area (Å²) < 4.78 is 3.31. The van der Waals surface area contributed by atoms with Crippen molar-refractivity contribution in [2.45, 2.75) is 38.1 Å². The number of benzene rings is 2.